The van der Waals surface area contributed by atoms with Crippen LogP contribution in [-0.4, -0.2) is 9.97 Å². The Balaban J connectivity index is 2.26. The molecule has 0 spiro atoms. The zero-order chi connectivity index (χ0) is 14.3. The lowest BCUT2D eigenvalue weighted by Crippen LogP contribution is -1.94. The molecule has 0 unspecified atom stereocenters. The second-order valence-corrected chi connectivity index (χ2v) is 6.17. The van der Waals surface area contributed by atoms with Gasteiger partial charge >= 0.3 is 0 Å². The number of aryl methyl sites for hydroxylation is 1. The van der Waals surface area contributed by atoms with Gasteiger partial charge < -0.3 is 0 Å². The number of aromatic nitrogens is 2. The van der Waals surface area contributed by atoms with E-state index in [4.69, 9.17) is 23.2 Å². The molecule has 5 heteroatoms. The van der Waals surface area contributed by atoms with Gasteiger partial charge in [-0.15, -0.1) is 0 Å². The largest absolute Gasteiger partial charge is 0.228 e. The standard InChI is InChI=1S/C15H9BrCl2N2/c1-8-6-10(16)7-12-13(8)19-15(20-14(12)18)9-2-4-11(17)5-3-9/h2-7H,1H3. The Kier molecular flexibility index (Phi) is 3.67. The molecule has 0 saturated carbocycles. The van der Waals surface area contributed by atoms with Gasteiger partial charge in [-0.3, -0.25) is 0 Å². The molecule has 0 amide bonds. The van der Waals surface area contributed by atoms with Crippen LogP contribution in [-0.2, 0) is 0 Å². The number of rotatable bonds is 1. The SMILES string of the molecule is Cc1cc(Br)cc2c(Cl)nc(-c3ccc(Cl)cc3)nc12. The fourth-order valence-electron chi connectivity index (χ4n) is 2.05. The summed E-state index contributed by atoms with van der Waals surface area (Å²) in [6.07, 6.45) is 0. The van der Waals surface area contributed by atoms with Gasteiger partial charge in [0.15, 0.2) is 5.82 Å². The van der Waals surface area contributed by atoms with Crippen LogP contribution in [0.15, 0.2) is 40.9 Å². The Bertz CT molecular complexity index is 801. The van der Waals surface area contributed by atoms with E-state index in [1.54, 1.807) is 0 Å². The molecular formula is C15H9BrCl2N2. The zero-order valence-electron chi connectivity index (χ0n) is 10.5. The molecule has 2 nitrogen and oxygen atoms in total. The quantitative estimate of drug-likeness (QED) is 0.517. The van der Waals surface area contributed by atoms with Crippen LogP contribution in [0.1, 0.15) is 5.56 Å². The van der Waals surface area contributed by atoms with Gasteiger partial charge in [-0.25, -0.2) is 9.97 Å². The molecule has 20 heavy (non-hydrogen) atoms. The van der Waals surface area contributed by atoms with E-state index in [0.717, 1.165) is 26.5 Å². The van der Waals surface area contributed by atoms with E-state index in [-0.39, 0.29) is 0 Å². The van der Waals surface area contributed by atoms with E-state index < -0.39 is 0 Å². The highest BCUT2D eigenvalue weighted by Gasteiger charge is 2.10. The molecule has 0 aliphatic rings. The predicted octanol–water partition coefficient (Wildman–Crippen LogP) is 5.67. The minimum absolute atomic E-state index is 0.448. The van der Waals surface area contributed by atoms with Gasteiger partial charge in [0.05, 0.1) is 5.52 Å². The van der Waals surface area contributed by atoms with Gasteiger partial charge in [0.25, 0.3) is 0 Å². The molecule has 1 aromatic heterocycles. The molecule has 100 valence electrons. The van der Waals surface area contributed by atoms with Gasteiger partial charge in [0.1, 0.15) is 5.15 Å². The Morgan fingerprint density at radius 3 is 2.40 bits per heavy atom. The van der Waals surface area contributed by atoms with Crippen LogP contribution in [0.25, 0.3) is 22.3 Å². The van der Waals surface area contributed by atoms with Crippen LogP contribution < -0.4 is 0 Å². The Hall–Kier alpha value is -1.16. The summed E-state index contributed by atoms with van der Waals surface area (Å²) in [4.78, 5) is 8.99. The molecule has 0 saturated heterocycles. The summed E-state index contributed by atoms with van der Waals surface area (Å²) in [5, 5.41) is 1.97. The highest BCUT2D eigenvalue weighted by Crippen LogP contribution is 2.29. The number of halogens is 3. The fraction of sp³-hybridized carbons (Fsp3) is 0.0667. The minimum Gasteiger partial charge on any atom is -0.228 e. The van der Waals surface area contributed by atoms with E-state index in [9.17, 15) is 0 Å². The first-order valence-corrected chi connectivity index (χ1v) is 7.49. The smallest absolute Gasteiger partial charge is 0.161 e. The van der Waals surface area contributed by atoms with E-state index in [0.29, 0.717) is 16.0 Å². The number of nitrogens with zero attached hydrogens (tertiary/aromatic N) is 2. The summed E-state index contributed by atoms with van der Waals surface area (Å²) in [7, 11) is 0. The third kappa shape index (κ3) is 2.53. The molecule has 0 aliphatic carbocycles. The second kappa shape index (κ2) is 5.32. The summed E-state index contributed by atoms with van der Waals surface area (Å²) in [5.41, 5.74) is 2.80. The van der Waals surface area contributed by atoms with Crippen LogP contribution in [0.2, 0.25) is 10.2 Å². The Morgan fingerprint density at radius 2 is 1.70 bits per heavy atom. The van der Waals surface area contributed by atoms with Crippen molar-refractivity contribution in [2.75, 3.05) is 0 Å². The van der Waals surface area contributed by atoms with Crippen LogP contribution in [0.5, 0.6) is 0 Å². The van der Waals surface area contributed by atoms with Crippen molar-refractivity contribution >= 4 is 50.0 Å². The first kappa shape index (κ1) is 13.8. The van der Waals surface area contributed by atoms with E-state index in [1.165, 1.54) is 0 Å². The molecule has 0 atom stereocenters. The van der Waals surface area contributed by atoms with Crippen LogP contribution >= 0.6 is 39.1 Å². The van der Waals surface area contributed by atoms with Crippen molar-refractivity contribution in [1.82, 2.24) is 9.97 Å². The van der Waals surface area contributed by atoms with Crippen molar-refractivity contribution in [3.05, 3.63) is 56.6 Å². The lowest BCUT2D eigenvalue weighted by molar-refractivity contribution is 1.21. The molecule has 0 radical (unpaired) electrons. The summed E-state index contributed by atoms with van der Waals surface area (Å²) >= 11 is 15.6. The second-order valence-electron chi connectivity index (χ2n) is 4.46. The summed E-state index contributed by atoms with van der Waals surface area (Å²) < 4.78 is 0.965. The molecule has 0 bridgehead atoms. The van der Waals surface area contributed by atoms with Crippen LogP contribution in [0, 0.1) is 6.92 Å². The normalized spacial score (nSPS) is 11.0. The fourth-order valence-corrected chi connectivity index (χ4v) is 2.98. The third-order valence-electron chi connectivity index (χ3n) is 3.01. The van der Waals surface area contributed by atoms with Gasteiger partial charge in [0, 0.05) is 20.4 Å². The summed E-state index contributed by atoms with van der Waals surface area (Å²) in [6.45, 7) is 2.00. The van der Waals surface area contributed by atoms with Gasteiger partial charge in [-0.1, -0.05) is 39.1 Å². The zero-order valence-corrected chi connectivity index (χ0v) is 13.6. The average molecular weight is 368 g/mol. The lowest BCUT2D eigenvalue weighted by atomic mass is 10.1. The molecule has 1 heterocycles. The van der Waals surface area contributed by atoms with Crippen LogP contribution in [0.3, 0.4) is 0 Å². The number of hydrogen-bond donors (Lipinski definition) is 0. The average Bonchev–Trinajstić information content (AvgIpc) is 2.40. The third-order valence-corrected chi connectivity index (χ3v) is 4.01. The van der Waals surface area contributed by atoms with E-state index in [2.05, 4.69) is 25.9 Å². The van der Waals surface area contributed by atoms with Crippen molar-refractivity contribution in [1.29, 1.82) is 0 Å². The number of fused-ring (bicyclic) bond motifs is 1. The maximum Gasteiger partial charge on any atom is 0.161 e. The van der Waals surface area contributed by atoms with Crippen molar-refractivity contribution < 1.29 is 0 Å². The first-order chi connectivity index (χ1) is 9.54. The highest BCUT2D eigenvalue weighted by atomic mass is 79.9. The molecule has 3 aromatic rings. The lowest BCUT2D eigenvalue weighted by Gasteiger charge is -2.07. The van der Waals surface area contributed by atoms with Crippen LogP contribution in [0.4, 0.5) is 0 Å². The Labute approximate surface area is 134 Å². The number of benzene rings is 2. The first-order valence-electron chi connectivity index (χ1n) is 5.94. The molecule has 3 rings (SSSR count). The minimum atomic E-state index is 0.448. The molecule has 0 aliphatic heterocycles. The Morgan fingerprint density at radius 1 is 1.00 bits per heavy atom. The van der Waals surface area contributed by atoms with Gasteiger partial charge in [-0.05, 0) is 48.9 Å². The maximum absolute atomic E-state index is 6.29. The molecular weight excluding hydrogens is 359 g/mol. The van der Waals surface area contributed by atoms with E-state index >= 15 is 0 Å². The molecule has 2 aromatic carbocycles. The number of hydrogen-bond acceptors (Lipinski definition) is 2. The van der Waals surface area contributed by atoms with Gasteiger partial charge in [0.2, 0.25) is 0 Å². The highest BCUT2D eigenvalue weighted by molar-refractivity contribution is 9.10. The molecule has 0 fully saturated rings. The van der Waals surface area contributed by atoms with Crippen molar-refractivity contribution in [2.45, 2.75) is 6.92 Å². The maximum atomic E-state index is 6.29. The van der Waals surface area contributed by atoms with Crippen molar-refractivity contribution in [2.24, 2.45) is 0 Å². The van der Waals surface area contributed by atoms with Gasteiger partial charge in [-0.2, -0.15) is 0 Å². The summed E-state index contributed by atoms with van der Waals surface area (Å²) in [5.74, 6) is 0.601. The summed E-state index contributed by atoms with van der Waals surface area (Å²) in [6, 6.07) is 11.3. The van der Waals surface area contributed by atoms with E-state index in [1.807, 2.05) is 43.3 Å². The van der Waals surface area contributed by atoms with Crippen molar-refractivity contribution in [3.8, 4) is 11.4 Å². The molecule has 0 N–H and O–H groups in total. The topological polar surface area (TPSA) is 25.8 Å². The monoisotopic (exact) mass is 366 g/mol. The van der Waals surface area contributed by atoms with Crippen molar-refractivity contribution in [3.63, 3.8) is 0 Å². The predicted molar refractivity (Wildman–Crippen MR) is 87.4 cm³/mol.